The number of benzene rings is 2. The molecular weight excluding hydrogens is 362 g/mol. The summed E-state index contributed by atoms with van der Waals surface area (Å²) < 4.78 is 0. The first-order valence-electron chi connectivity index (χ1n) is 9.75. The molecule has 6 nitrogen and oxygen atoms in total. The number of para-hydroxylation sites is 1. The highest BCUT2D eigenvalue weighted by Gasteiger charge is 2.20. The second-order valence-corrected chi connectivity index (χ2v) is 7.08. The summed E-state index contributed by atoms with van der Waals surface area (Å²) in [5, 5.41) is 3.28. The highest BCUT2D eigenvalue weighted by Crippen LogP contribution is 2.20. The Bertz CT molecular complexity index is 899. The van der Waals surface area contributed by atoms with Gasteiger partial charge in [0.2, 0.25) is 0 Å². The Kier molecular flexibility index (Phi) is 7.30. The van der Waals surface area contributed by atoms with E-state index in [2.05, 4.69) is 20.2 Å². The summed E-state index contributed by atoms with van der Waals surface area (Å²) in [5.74, 6) is 0.508. The zero-order valence-electron chi connectivity index (χ0n) is 17.0. The number of hydrogen-bond acceptors (Lipinski definition) is 5. The van der Waals surface area contributed by atoms with Crippen molar-refractivity contribution in [3.05, 3.63) is 84.3 Å². The van der Waals surface area contributed by atoms with Gasteiger partial charge in [0.1, 0.15) is 17.8 Å². The second-order valence-electron chi connectivity index (χ2n) is 7.08. The minimum absolute atomic E-state index is 0.154. The highest BCUT2D eigenvalue weighted by atomic mass is 16.2. The molecule has 0 bridgehead atoms. The predicted molar refractivity (Wildman–Crippen MR) is 117 cm³/mol. The Morgan fingerprint density at radius 3 is 2.34 bits per heavy atom. The molecule has 0 saturated heterocycles. The lowest BCUT2D eigenvalue weighted by atomic mass is 10.1. The van der Waals surface area contributed by atoms with Gasteiger partial charge in [0.05, 0.1) is 6.54 Å². The summed E-state index contributed by atoms with van der Waals surface area (Å²) in [7, 11) is 4.10. The number of hydrogen-bond donors (Lipinski definition) is 1. The van der Waals surface area contributed by atoms with E-state index in [1.165, 1.54) is 6.33 Å². The number of nitrogens with one attached hydrogen (secondary N) is 1. The Balaban J connectivity index is 1.78. The third kappa shape index (κ3) is 6.12. The average molecular weight is 390 g/mol. The van der Waals surface area contributed by atoms with Gasteiger partial charge in [-0.3, -0.25) is 4.79 Å². The van der Waals surface area contributed by atoms with Gasteiger partial charge in [0.25, 0.3) is 5.91 Å². The first-order valence-corrected chi connectivity index (χ1v) is 9.75. The topological polar surface area (TPSA) is 61.4 Å². The first kappa shape index (κ1) is 20.5. The van der Waals surface area contributed by atoms with Crippen LogP contribution in [0.4, 0.5) is 11.5 Å². The van der Waals surface area contributed by atoms with Crippen molar-refractivity contribution in [2.45, 2.75) is 13.0 Å². The number of aromatic nitrogens is 2. The standard InChI is InChI=1S/C23H27N5O/c1-27(2)15-9-14-24-22-16-21(25-18-26-22)23(29)28(20-12-7-4-8-13-20)17-19-10-5-3-6-11-19/h3-8,10-13,16,18H,9,14-15,17H2,1-2H3,(H,24,25,26). The molecule has 0 atom stereocenters. The first-order chi connectivity index (χ1) is 14.1. The fraction of sp³-hybridized carbons (Fsp3) is 0.261. The van der Waals surface area contributed by atoms with Gasteiger partial charge < -0.3 is 15.1 Å². The molecule has 0 aliphatic heterocycles. The van der Waals surface area contributed by atoms with Crippen LogP contribution in [0.15, 0.2) is 73.1 Å². The van der Waals surface area contributed by atoms with Gasteiger partial charge in [0.15, 0.2) is 0 Å². The number of rotatable bonds is 9. The molecule has 6 heteroatoms. The van der Waals surface area contributed by atoms with Gasteiger partial charge in [0, 0.05) is 18.3 Å². The molecule has 3 aromatic rings. The Morgan fingerprint density at radius 2 is 1.66 bits per heavy atom. The van der Waals surface area contributed by atoms with Crippen molar-refractivity contribution in [3.8, 4) is 0 Å². The SMILES string of the molecule is CN(C)CCCNc1cc(C(=O)N(Cc2ccccc2)c2ccccc2)ncn1. The van der Waals surface area contributed by atoms with E-state index in [-0.39, 0.29) is 5.91 Å². The third-order valence-electron chi connectivity index (χ3n) is 4.47. The fourth-order valence-electron chi connectivity index (χ4n) is 2.98. The van der Waals surface area contributed by atoms with Crippen molar-refractivity contribution in [2.24, 2.45) is 0 Å². The summed E-state index contributed by atoms with van der Waals surface area (Å²) in [6.45, 7) is 2.25. The Morgan fingerprint density at radius 1 is 0.966 bits per heavy atom. The van der Waals surface area contributed by atoms with Crippen molar-refractivity contribution in [3.63, 3.8) is 0 Å². The van der Waals surface area contributed by atoms with Crippen LogP contribution >= 0.6 is 0 Å². The van der Waals surface area contributed by atoms with Crippen LogP contribution < -0.4 is 10.2 Å². The van der Waals surface area contributed by atoms with Gasteiger partial charge in [-0.2, -0.15) is 0 Å². The molecule has 2 aromatic carbocycles. The van der Waals surface area contributed by atoms with E-state index in [1.807, 2.05) is 74.8 Å². The fourth-order valence-corrected chi connectivity index (χ4v) is 2.98. The predicted octanol–water partition coefficient (Wildman–Crippen LogP) is 3.69. The molecule has 150 valence electrons. The monoisotopic (exact) mass is 389 g/mol. The smallest absolute Gasteiger partial charge is 0.277 e. The van der Waals surface area contributed by atoms with E-state index in [0.717, 1.165) is 30.8 Å². The normalized spacial score (nSPS) is 10.7. The quantitative estimate of drug-likeness (QED) is 0.566. The van der Waals surface area contributed by atoms with Crippen molar-refractivity contribution < 1.29 is 4.79 Å². The number of carbonyl (C=O) groups excluding carboxylic acids is 1. The van der Waals surface area contributed by atoms with Crippen LogP contribution in [0.1, 0.15) is 22.5 Å². The second kappa shape index (κ2) is 10.3. The van der Waals surface area contributed by atoms with Crippen LogP contribution in [0.5, 0.6) is 0 Å². The molecule has 0 unspecified atom stereocenters. The Labute approximate surface area is 172 Å². The zero-order chi connectivity index (χ0) is 20.5. The van der Waals surface area contributed by atoms with Gasteiger partial charge in [-0.05, 0) is 44.8 Å². The molecule has 1 aromatic heterocycles. The average Bonchev–Trinajstić information content (AvgIpc) is 2.76. The van der Waals surface area contributed by atoms with Crippen molar-refractivity contribution >= 4 is 17.4 Å². The molecule has 0 spiro atoms. The van der Waals surface area contributed by atoms with E-state index in [1.54, 1.807) is 11.0 Å². The molecule has 29 heavy (non-hydrogen) atoms. The van der Waals surface area contributed by atoms with Crippen molar-refractivity contribution in [2.75, 3.05) is 37.4 Å². The van der Waals surface area contributed by atoms with E-state index in [9.17, 15) is 4.79 Å². The molecule has 1 N–H and O–H groups in total. The number of nitrogens with zero attached hydrogens (tertiary/aromatic N) is 4. The van der Waals surface area contributed by atoms with Crippen molar-refractivity contribution in [1.82, 2.24) is 14.9 Å². The number of amides is 1. The largest absolute Gasteiger partial charge is 0.370 e. The van der Waals surface area contributed by atoms with E-state index in [0.29, 0.717) is 18.1 Å². The molecule has 1 amide bonds. The van der Waals surface area contributed by atoms with Crippen LogP contribution in [0.3, 0.4) is 0 Å². The molecule has 0 aliphatic carbocycles. The summed E-state index contributed by atoms with van der Waals surface area (Å²) in [5.41, 5.74) is 2.26. The van der Waals surface area contributed by atoms with Gasteiger partial charge in [-0.1, -0.05) is 48.5 Å². The van der Waals surface area contributed by atoms with Crippen LogP contribution in [-0.2, 0) is 6.54 Å². The van der Waals surface area contributed by atoms with Gasteiger partial charge >= 0.3 is 0 Å². The summed E-state index contributed by atoms with van der Waals surface area (Å²) in [6, 6.07) is 21.3. The summed E-state index contributed by atoms with van der Waals surface area (Å²) in [6.07, 6.45) is 2.43. The minimum Gasteiger partial charge on any atom is -0.370 e. The third-order valence-corrected chi connectivity index (χ3v) is 4.47. The number of anilines is 2. The van der Waals surface area contributed by atoms with E-state index < -0.39 is 0 Å². The molecule has 0 saturated carbocycles. The van der Waals surface area contributed by atoms with E-state index in [4.69, 9.17) is 0 Å². The maximum atomic E-state index is 13.3. The molecular formula is C23H27N5O. The summed E-state index contributed by atoms with van der Waals surface area (Å²) in [4.78, 5) is 25.7. The van der Waals surface area contributed by atoms with Crippen LogP contribution in [-0.4, -0.2) is 48.0 Å². The maximum absolute atomic E-state index is 13.3. The lowest BCUT2D eigenvalue weighted by Gasteiger charge is -2.23. The molecule has 0 aliphatic rings. The van der Waals surface area contributed by atoms with Gasteiger partial charge in [-0.15, -0.1) is 0 Å². The molecule has 0 radical (unpaired) electrons. The van der Waals surface area contributed by atoms with Crippen LogP contribution in [0, 0.1) is 0 Å². The van der Waals surface area contributed by atoms with Crippen molar-refractivity contribution in [1.29, 1.82) is 0 Å². The lowest BCUT2D eigenvalue weighted by Crippen LogP contribution is -2.31. The van der Waals surface area contributed by atoms with E-state index >= 15 is 0 Å². The molecule has 1 heterocycles. The summed E-state index contributed by atoms with van der Waals surface area (Å²) >= 11 is 0. The molecule has 0 fully saturated rings. The minimum atomic E-state index is -0.154. The lowest BCUT2D eigenvalue weighted by molar-refractivity contribution is 0.0980. The van der Waals surface area contributed by atoms with Crippen LogP contribution in [0.25, 0.3) is 0 Å². The zero-order valence-corrected chi connectivity index (χ0v) is 17.0. The van der Waals surface area contributed by atoms with Crippen LogP contribution in [0.2, 0.25) is 0 Å². The molecule has 3 rings (SSSR count). The van der Waals surface area contributed by atoms with Gasteiger partial charge in [-0.25, -0.2) is 9.97 Å². The number of carbonyl (C=O) groups is 1. The highest BCUT2D eigenvalue weighted by molar-refractivity contribution is 6.05. The maximum Gasteiger partial charge on any atom is 0.277 e. The Hall–Kier alpha value is -3.25.